The molecule has 1 aliphatic heterocycles. The van der Waals surface area contributed by atoms with Crippen molar-refractivity contribution < 1.29 is 9.53 Å². The van der Waals surface area contributed by atoms with Crippen molar-refractivity contribution in [2.75, 3.05) is 19.7 Å². The Labute approximate surface area is 136 Å². The first kappa shape index (κ1) is 15.5. The van der Waals surface area contributed by atoms with E-state index in [1.807, 2.05) is 41.3 Å². The summed E-state index contributed by atoms with van der Waals surface area (Å²) in [6.45, 7) is 3.96. The number of benzene rings is 2. The van der Waals surface area contributed by atoms with Crippen molar-refractivity contribution in [3.63, 3.8) is 0 Å². The van der Waals surface area contributed by atoms with Crippen molar-refractivity contribution in [3.05, 3.63) is 42.0 Å². The van der Waals surface area contributed by atoms with E-state index in [-0.39, 0.29) is 12.5 Å². The van der Waals surface area contributed by atoms with Crippen molar-refractivity contribution in [1.82, 2.24) is 4.90 Å². The lowest BCUT2D eigenvalue weighted by Crippen LogP contribution is -2.40. The second-order valence-electron chi connectivity index (χ2n) is 6.19. The number of hydrogen-bond acceptors (Lipinski definition) is 3. The molecule has 1 heterocycles. The quantitative estimate of drug-likeness (QED) is 0.879. The van der Waals surface area contributed by atoms with Crippen LogP contribution in [-0.4, -0.2) is 36.7 Å². The predicted octanol–water partition coefficient (Wildman–Crippen LogP) is 3.47. The summed E-state index contributed by atoms with van der Waals surface area (Å²) in [7, 11) is 0. The van der Waals surface area contributed by atoms with E-state index in [0.717, 1.165) is 42.3 Å². The minimum atomic E-state index is 0.0529. The van der Waals surface area contributed by atoms with Crippen LogP contribution in [0.2, 0.25) is 0 Å². The van der Waals surface area contributed by atoms with Gasteiger partial charge >= 0.3 is 0 Å². The molecule has 1 saturated heterocycles. The SMILES string of the molecule is CC1CCN(C(=O)COc2ccc(C=N)c3ccccc23)CC1. The summed E-state index contributed by atoms with van der Waals surface area (Å²) in [5.41, 5.74) is 0.851. The van der Waals surface area contributed by atoms with Gasteiger partial charge in [-0.2, -0.15) is 0 Å². The zero-order chi connectivity index (χ0) is 16.2. The third-order valence-electron chi connectivity index (χ3n) is 4.56. The Kier molecular flexibility index (Phi) is 4.60. The maximum Gasteiger partial charge on any atom is 0.260 e. The predicted molar refractivity (Wildman–Crippen MR) is 92.3 cm³/mol. The zero-order valence-electron chi connectivity index (χ0n) is 13.4. The number of likely N-dealkylation sites (tertiary alicyclic amines) is 1. The standard InChI is InChI=1S/C19H22N2O2/c1-14-8-10-21(11-9-14)19(22)13-23-18-7-6-15(12-20)16-4-2-3-5-17(16)18/h2-7,12,14,20H,8-11,13H2,1H3. The third-order valence-corrected chi connectivity index (χ3v) is 4.56. The molecule has 0 radical (unpaired) electrons. The second-order valence-corrected chi connectivity index (χ2v) is 6.19. The molecule has 0 spiro atoms. The molecule has 0 bridgehead atoms. The van der Waals surface area contributed by atoms with E-state index in [1.165, 1.54) is 6.21 Å². The number of fused-ring (bicyclic) bond motifs is 1. The Morgan fingerprint density at radius 1 is 1.22 bits per heavy atom. The molecule has 0 atom stereocenters. The fraction of sp³-hybridized carbons (Fsp3) is 0.368. The molecule has 2 aromatic carbocycles. The van der Waals surface area contributed by atoms with Gasteiger partial charge in [0.2, 0.25) is 0 Å². The first-order chi connectivity index (χ1) is 11.2. The minimum absolute atomic E-state index is 0.0529. The lowest BCUT2D eigenvalue weighted by molar-refractivity contribution is -0.134. The molecule has 1 amide bonds. The number of carbonyl (C=O) groups is 1. The number of nitrogens with zero attached hydrogens (tertiary/aromatic N) is 1. The Bertz CT molecular complexity index is 718. The number of amides is 1. The third kappa shape index (κ3) is 3.36. The van der Waals surface area contributed by atoms with Gasteiger partial charge in [-0.1, -0.05) is 31.2 Å². The number of rotatable bonds is 4. The topological polar surface area (TPSA) is 53.4 Å². The van der Waals surface area contributed by atoms with Crippen LogP contribution in [0, 0.1) is 11.3 Å². The highest BCUT2D eigenvalue weighted by Gasteiger charge is 2.20. The lowest BCUT2D eigenvalue weighted by Gasteiger charge is -2.30. The zero-order valence-corrected chi connectivity index (χ0v) is 13.4. The van der Waals surface area contributed by atoms with E-state index in [2.05, 4.69) is 6.92 Å². The van der Waals surface area contributed by atoms with Crippen LogP contribution in [0.4, 0.5) is 0 Å². The van der Waals surface area contributed by atoms with Crippen LogP contribution >= 0.6 is 0 Å². The maximum absolute atomic E-state index is 12.3. The molecule has 2 aromatic rings. The molecule has 0 saturated carbocycles. The number of hydrogen-bond donors (Lipinski definition) is 1. The van der Waals surface area contributed by atoms with E-state index in [1.54, 1.807) is 0 Å². The summed E-state index contributed by atoms with van der Waals surface area (Å²) < 4.78 is 5.79. The summed E-state index contributed by atoms with van der Waals surface area (Å²) in [6.07, 6.45) is 3.48. The Balaban J connectivity index is 1.72. The van der Waals surface area contributed by atoms with E-state index in [4.69, 9.17) is 10.1 Å². The van der Waals surface area contributed by atoms with Crippen molar-refractivity contribution in [1.29, 1.82) is 5.41 Å². The summed E-state index contributed by atoms with van der Waals surface area (Å²) in [5, 5.41) is 9.40. The maximum atomic E-state index is 12.3. The van der Waals surface area contributed by atoms with Gasteiger partial charge in [0.1, 0.15) is 5.75 Å². The van der Waals surface area contributed by atoms with E-state index in [0.29, 0.717) is 11.7 Å². The van der Waals surface area contributed by atoms with Gasteiger partial charge < -0.3 is 15.0 Å². The van der Waals surface area contributed by atoms with E-state index < -0.39 is 0 Å². The number of piperidine rings is 1. The number of nitrogens with one attached hydrogen (secondary N) is 1. The summed E-state index contributed by atoms with van der Waals surface area (Å²) >= 11 is 0. The second kappa shape index (κ2) is 6.82. The molecule has 3 rings (SSSR count). The largest absolute Gasteiger partial charge is 0.483 e. The first-order valence-electron chi connectivity index (χ1n) is 8.12. The van der Waals surface area contributed by atoms with Crippen molar-refractivity contribution in [2.24, 2.45) is 5.92 Å². The van der Waals surface area contributed by atoms with Crippen molar-refractivity contribution >= 4 is 22.9 Å². The highest BCUT2D eigenvalue weighted by Crippen LogP contribution is 2.28. The average Bonchev–Trinajstić information content (AvgIpc) is 2.60. The molecule has 23 heavy (non-hydrogen) atoms. The smallest absolute Gasteiger partial charge is 0.260 e. The lowest BCUT2D eigenvalue weighted by atomic mass is 9.99. The van der Waals surface area contributed by atoms with Crippen LogP contribution in [0.3, 0.4) is 0 Å². The Morgan fingerprint density at radius 2 is 1.91 bits per heavy atom. The highest BCUT2D eigenvalue weighted by atomic mass is 16.5. The fourth-order valence-corrected chi connectivity index (χ4v) is 3.04. The van der Waals surface area contributed by atoms with Gasteiger partial charge in [-0.05, 0) is 36.3 Å². The fourth-order valence-electron chi connectivity index (χ4n) is 3.04. The monoisotopic (exact) mass is 310 g/mol. The molecule has 0 aromatic heterocycles. The number of carbonyl (C=O) groups excluding carboxylic acids is 1. The van der Waals surface area contributed by atoms with Crippen molar-refractivity contribution in [3.8, 4) is 5.75 Å². The van der Waals surface area contributed by atoms with Gasteiger partial charge in [0.15, 0.2) is 6.61 Å². The highest BCUT2D eigenvalue weighted by molar-refractivity contribution is 6.01. The molecular weight excluding hydrogens is 288 g/mol. The molecule has 0 unspecified atom stereocenters. The Hall–Kier alpha value is -2.36. The molecule has 0 aliphatic carbocycles. The van der Waals surface area contributed by atoms with Gasteiger partial charge in [-0.15, -0.1) is 0 Å². The normalized spacial score (nSPS) is 15.6. The van der Waals surface area contributed by atoms with Crippen LogP contribution in [0.25, 0.3) is 10.8 Å². The molecule has 120 valence electrons. The minimum Gasteiger partial charge on any atom is -0.483 e. The summed E-state index contributed by atoms with van der Waals surface area (Å²) in [6, 6.07) is 11.5. The number of ether oxygens (including phenoxy) is 1. The first-order valence-corrected chi connectivity index (χ1v) is 8.12. The summed E-state index contributed by atoms with van der Waals surface area (Å²) in [4.78, 5) is 14.2. The van der Waals surface area contributed by atoms with Gasteiger partial charge in [0, 0.05) is 30.3 Å². The van der Waals surface area contributed by atoms with Gasteiger partial charge in [0.25, 0.3) is 5.91 Å². The molecule has 1 fully saturated rings. The van der Waals surface area contributed by atoms with Crippen LogP contribution in [0.5, 0.6) is 5.75 Å². The van der Waals surface area contributed by atoms with Crippen LogP contribution < -0.4 is 4.74 Å². The van der Waals surface area contributed by atoms with E-state index in [9.17, 15) is 4.79 Å². The molecule has 4 nitrogen and oxygen atoms in total. The van der Waals surface area contributed by atoms with Crippen LogP contribution in [-0.2, 0) is 4.79 Å². The average molecular weight is 310 g/mol. The van der Waals surface area contributed by atoms with E-state index >= 15 is 0 Å². The van der Waals surface area contributed by atoms with Gasteiger partial charge in [0.05, 0.1) is 0 Å². The van der Waals surface area contributed by atoms with Gasteiger partial charge in [-0.25, -0.2) is 0 Å². The Morgan fingerprint density at radius 3 is 2.61 bits per heavy atom. The van der Waals surface area contributed by atoms with Crippen LogP contribution in [0.15, 0.2) is 36.4 Å². The molecule has 1 N–H and O–H groups in total. The molecular formula is C19H22N2O2. The van der Waals surface area contributed by atoms with Crippen LogP contribution in [0.1, 0.15) is 25.3 Å². The molecule has 4 heteroatoms. The van der Waals surface area contributed by atoms with Crippen molar-refractivity contribution in [2.45, 2.75) is 19.8 Å². The summed E-state index contributed by atoms with van der Waals surface area (Å²) in [5.74, 6) is 1.46. The van der Waals surface area contributed by atoms with Gasteiger partial charge in [-0.3, -0.25) is 4.79 Å². The molecule has 1 aliphatic rings.